The van der Waals surface area contributed by atoms with Crippen molar-refractivity contribution in [2.45, 2.75) is 43.4 Å². The average Bonchev–Trinajstić information content (AvgIpc) is 2.33. The van der Waals surface area contributed by atoms with Crippen molar-refractivity contribution in [2.75, 3.05) is 13.2 Å². The molecule has 0 heterocycles. The molecule has 0 aliphatic carbocycles. The van der Waals surface area contributed by atoms with Gasteiger partial charge >= 0.3 is 0 Å². The van der Waals surface area contributed by atoms with Gasteiger partial charge in [-0.05, 0) is 43.1 Å². The fraction of sp³-hybridized carbons (Fsp3) is 0.571. The summed E-state index contributed by atoms with van der Waals surface area (Å²) in [7, 11) is 0. The van der Waals surface area contributed by atoms with Crippen molar-refractivity contribution in [2.24, 2.45) is 0 Å². The Balaban J connectivity index is 2.69. The third-order valence-electron chi connectivity index (χ3n) is 2.63. The second-order valence-electron chi connectivity index (χ2n) is 4.37. The maximum Gasteiger partial charge on any atom is 0.123 e. The van der Waals surface area contributed by atoms with E-state index in [0.717, 1.165) is 29.8 Å². The number of hydrogen-bond donors (Lipinski definition) is 2. The standard InChI is InChI=1S/C14H22FNOS/c1-3-7-16-10-12-9-13(15)4-5-14(12)18-11(2)6-8-17/h4-5,9,11,16-17H,3,6-8,10H2,1-2H3. The zero-order chi connectivity index (χ0) is 13.4. The first-order valence-electron chi connectivity index (χ1n) is 6.44. The molecule has 18 heavy (non-hydrogen) atoms. The van der Waals surface area contributed by atoms with Gasteiger partial charge in [0.2, 0.25) is 0 Å². The third-order valence-corrected chi connectivity index (χ3v) is 3.92. The molecule has 2 nitrogen and oxygen atoms in total. The van der Waals surface area contributed by atoms with Gasteiger partial charge in [-0.15, -0.1) is 11.8 Å². The SMILES string of the molecule is CCCNCc1cc(F)ccc1SC(C)CCO. The van der Waals surface area contributed by atoms with Crippen molar-refractivity contribution in [1.29, 1.82) is 0 Å². The second kappa shape index (κ2) is 8.51. The van der Waals surface area contributed by atoms with Gasteiger partial charge in [-0.25, -0.2) is 4.39 Å². The number of hydrogen-bond acceptors (Lipinski definition) is 3. The van der Waals surface area contributed by atoms with Crippen LogP contribution in [-0.2, 0) is 6.54 Å². The molecule has 1 aromatic rings. The molecule has 0 aliphatic heterocycles. The molecular formula is C14H22FNOS. The van der Waals surface area contributed by atoms with Crippen LogP contribution in [0.3, 0.4) is 0 Å². The van der Waals surface area contributed by atoms with Crippen LogP contribution in [0.2, 0.25) is 0 Å². The van der Waals surface area contributed by atoms with Gasteiger partial charge in [0, 0.05) is 23.3 Å². The Hall–Kier alpha value is -0.580. The molecule has 0 amide bonds. The van der Waals surface area contributed by atoms with Gasteiger partial charge in [-0.3, -0.25) is 0 Å². The highest BCUT2D eigenvalue weighted by Gasteiger charge is 2.09. The van der Waals surface area contributed by atoms with Crippen molar-refractivity contribution < 1.29 is 9.50 Å². The van der Waals surface area contributed by atoms with E-state index in [9.17, 15) is 4.39 Å². The van der Waals surface area contributed by atoms with E-state index < -0.39 is 0 Å². The van der Waals surface area contributed by atoms with Crippen molar-refractivity contribution in [1.82, 2.24) is 5.32 Å². The van der Waals surface area contributed by atoms with Crippen LogP contribution < -0.4 is 5.32 Å². The van der Waals surface area contributed by atoms with Crippen LogP contribution in [0.5, 0.6) is 0 Å². The molecule has 0 spiro atoms. The molecule has 0 radical (unpaired) electrons. The van der Waals surface area contributed by atoms with Gasteiger partial charge in [-0.1, -0.05) is 13.8 Å². The van der Waals surface area contributed by atoms with E-state index in [2.05, 4.69) is 19.2 Å². The molecule has 0 aromatic heterocycles. The molecule has 0 bridgehead atoms. The maximum absolute atomic E-state index is 13.3. The van der Waals surface area contributed by atoms with Crippen molar-refractivity contribution >= 4 is 11.8 Å². The number of aliphatic hydroxyl groups is 1. The first-order chi connectivity index (χ1) is 8.67. The Labute approximate surface area is 113 Å². The van der Waals surface area contributed by atoms with Crippen LogP contribution >= 0.6 is 11.8 Å². The zero-order valence-corrected chi connectivity index (χ0v) is 11.9. The lowest BCUT2D eigenvalue weighted by Gasteiger charge is -2.14. The Kier molecular flexibility index (Phi) is 7.32. The first-order valence-corrected chi connectivity index (χ1v) is 7.32. The lowest BCUT2D eigenvalue weighted by atomic mass is 10.2. The average molecular weight is 271 g/mol. The maximum atomic E-state index is 13.3. The second-order valence-corrected chi connectivity index (χ2v) is 5.85. The summed E-state index contributed by atoms with van der Waals surface area (Å²) in [5.41, 5.74) is 0.998. The normalized spacial score (nSPS) is 12.7. The van der Waals surface area contributed by atoms with E-state index in [-0.39, 0.29) is 12.4 Å². The largest absolute Gasteiger partial charge is 0.396 e. The van der Waals surface area contributed by atoms with E-state index in [1.54, 1.807) is 17.8 Å². The minimum absolute atomic E-state index is 0.192. The van der Waals surface area contributed by atoms with E-state index in [1.807, 2.05) is 6.07 Å². The van der Waals surface area contributed by atoms with E-state index in [4.69, 9.17) is 5.11 Å². The van der Waals surface area contributed by atoms with Crippen LogP contribution in [0, 0.1) is 5.82 Å². The quantitative estimate of drug-likeness (QED) is 0.562. The number of nitrogens with one attached hydrogen (secondary N) is 1. The molecule has 1 unspecified atom stereocenters. The Bertz CT molecular complexity index is 360. The molecule has 0 aliphatic rings. The predicted molar refractivity (Wildman–Crippen MR) is 75.4 cm³/mol. The van der Waals surface area contributed by atoms with Gasteiger partial charge in [0.25, 0.3) is 0 Å². The number of thioether (sulfide) groups is 1. The number of halogens is 1. The third kappa shape index (κ3) is 5.38. The van der Waals surface area contributed by atoms with Crippen LogP contribution in [0.25, 0.3) is 0 Å². The fourth-order valence-electron chi connectivity index (χ4n) is 1.66. The fourth-order valence-corrected chi connectivity index (χ4v) is 2.74. The Morgan fingerprint density at radius 1 is 1.44 bits per heavy atom. The zero-order valence-electron chi connectivity index (χ0n) is 11.1. The van der Waals surface area contributed by atoms with Crippen LogP contribution in [0.4, 0.5) is 4.39 Å². The summed E-state index contributed by atoms with van der Waals surface area (Å²) in [5.74, 6) is -0.192. The van der Waals surface area contributed by atoms with Gasteiger partial charge in [0.1, 0.15) is 5.82 Å². The van der Waals surface area contributed by atoms with Gasteiger partial charge in [-0.2, -0.15) is 0 Å². The summed E-state index contributed by atoms with van der Waals surface area (Å²) >= 11 is 1.69. The smallest absolute Gasteiger partial charge is 0.123 e. The van der Waals surface area contributed by atoms with E-state index >= 15 is 0 Å². The van der Waals surface area contributed by atoms with E-state index in [0.29, 0.717) is 11.8 Å². The summed E-state index contributed by atoms with van der Waals surface area (Å²) < 4.78 is 13.3. The monoisotopic (exact) mass is 271 g/mol. The summed E-state index contributed by atoms with van der Waals surface area (Å²) in [6.07, 6.45) is 1.82. The molecular weight excluding hydrogens is 249 g/mol. The minimum Gasteiger partial charge on any atom is -0.396 e. The summed E-state index contributed by atoms with van der Waals surface area (Å²) in [6.45, 7) is 6.01. The Morgan fingerprint density at radius 3 is 2.89 bits per heavy atom. The molecule has 1 aromatic carbocycles. The molecule has 4 heteroatoms. The van der Waals surface area contributed by atoms with Gasteiger partial charge < -0.3 is 10.4 Å². The van der Waals surface area contributed by atoms with Crippen molar-refractivity contribution in [3.05, 3.63) is 29.6 Å². The van der Waals surface area contributed by atoms with Crippen molar-refractivity contribution in [3.8, 4) is 0 Å². The topological polar surface area (TPSA) is 32.3 Å². The van der Waals surface area contributed by atoms with Gasteiger partial charge in [0.15, 0.2) is 0 Å². The van der Waals surface area contributed by atoms with Crippen LogP contribution in [0.15, 0.2) is 23.1 Å². The van der Waals surface area contributed by atoms with E-state index in [1.165, 1.54) is 6.07 Å². The molecule has 0 fully saturated rings. The molecule has 0 saturated heterocycles. The van der Waals surface area contributed by atoms with Gasteiger partial charge in [0.05, 0.1) is 0 Å². The summed E-state index contributed by atoms with van der Waals surface area (Å²) in [5, 5.41) is 12.5. The lowest BCUT2D eigenvalue weighted by molar-refractivity contribution is 0.289. The van der Waals surface area contributed by atoms with Crippen LogP contribution in [0.1, 0.15) is 32.3 Å². The molecule has 1 rings (SSSR count). The highest BCUT2D eigenvalue weighted by atomic mass is 32.2. The number of rotatable bonds is 8. The van der Waals surface area contributed by atoms with Crippen LogP contribution in [-0.4, -0.2) is 23.5 Å². The number of benzene rings is 1. The molecule has 2 N–H and O–H groups in total. The summed E-state index contributed by atoms with van der Waals surface area (Å²) in [6, 6.07) is 4.92. The highest BCUT2D eigenvalue weighted by molar-refractivity contribution is 8.00. The van der Waals surface area contributed by atoms with Crippen molar-refractivity contribution in [3.63, 3.8) is 0 Å². The summed E-state index contributed by atoms with van der Waals surface area (Å²) in [4.78, 5) is 1.10. The predicted octanol–water partition coefficient (Wildman–Crippen LogP) is 3.19. The molecule has 0 saturated carbocycles. The molecule has 102 valence electrons. The minimum atomic E-state index is -0.192. The highest BCUT2D eigenvalue weighted by Crippen LogP contribution is 2.28. The Morgan fingerprint density at radius 2 is 2.22 bits per heavy atom. The number of aliphatic hydroxyl groups excluding tert-OH is 1. The lowest BCUT2D eigenvalue weighted by Crippen LogP contribution is -2.15. The molecule has 1 atom stereocenters. The first kappa shape index (κ1) is 15.5.